The summed E-state index contributed by atoms with van der Waals surface area (Å²) in [5, 5.41) is 6.98. The number of aliphatic imine (C=N–C) groups is 1. The van der Waals surface area contributed by atoms with Crippen molar-refractivity contribution in [1.29, 1.82) is 0 Å². The van der Waals surface area contributed by atoms with Gasteiger partial charge in [0.1, 0.15) is 5.82 Å². The van der Waals surface area contributed by atoms with Crippen LogP contribution in [0.25, 0.3) is 0 Å². The molecule has 0 unspecified atom stereocenters. The van der Waals surface area contributed by atoms with E-state index in [1.807, 2.05) is 56.4 Å². The second-order valence-electron chi connectivity index (χ2n) is 8.37. The predicted molar refractivity (Wildman–Crippen MR) is 143 cm³/mol. The van der Waals surface area contributed by atoms with Crippen LogP contribution in [-0.4, -0.2) is 57.1 Å². The van der Waals surface area contributed by atoms with Crippen LogP contribution >= 0.6 is 12.2 Å². The number of nitrogens with one attached hydrogen (secondary N) is 2. The topological polar surface area (TPSA) is 81.6 Å². The van der Waals surface area contributed by atoms with Crippen molar-refractivity contribution in [3.8, 4) is 0 Å². The molecule has 3 heterocycles. The van der Waals surface area contributed by atoms with Gasteiger partial charge in [0.05, 0.1) is 0 Å². The van der Waals surface area contributed by atoms with E-state index in [0.29, 0.717) is 17.0 Å². The van der Waals surface area contributed by atoms with E-state index in [-0.39, 0.29) is 0 Å². The number of aromatic nitrogens is 3. The third kappa shape index (κ3) is 5.85. The van der Waals surface area contributed by atoms with Gasteiger partial charge in [-0.1, -0.05) is 18.2 Å². The molecule has 34 heavy (non-hydrogen) atoms. The zero-order valence-corrected chi connectivity index (χ0v) is 20.9. The maximum atomic E-state index is 5.63. The zero-order valence-electron chi connectivity index (χ0n) is 20.0. The first-order valence-corrected chi connectivity index (χ1v) is 11.8. The number of rotatable bonds is 3. The minimum atomic E-state index is 0.382. The molecule has 1 aliphatic rings. The van der Waals surface area contributed by atoms with Gasteiger partial charge in [0.25, 0.3) is 0 Å². The van der Waals surface area contributed by atoms with Gasteiger partial charge in [0, 0.05) is 49.5 Å². The van der Waals surface area contributed by atoms with Crippen LogP contribution < -0.4 is 15.5 Å². The standard InChI is InChI=1S/C25H30N8S/c1-17-8-7-9-21(20(17)4)29-25(34)31-24(30-23-27-18(2)16-19(3)28-23)33-14-12-32(13-15-33)22-10-5-6-11-26-22/h5-11,16H,12-15H2,1-4H3,(H2,27,28,29,30,31,34). The molecule has 1 fully saturated rings. The third-order valence-corrected chi connectivity index (χ3v) is 6.01. The lowest BCUT2D eigenvalue weighted by atomic mass is 10.1. The first-order valence-electron chi connectivity index (χ1n) is 11.3. The number of hydrogen-bond acceptors (Lipinski definition) is 5. The van der Waals surface area contributed by atoms with Crippen molar-refractivity contribution in [2.75, 3.05) is 41.7 Å². The molecule has 0 atom stereocenters. The van der Waals surface area contributed by atoms with Gasteiger partial charge in [0.2, 0.25) is 17.0 Å². The van der Waals surface area contributed by atoms with Crippen LogP contribution in [0, 0.1) is 27.7 Å². The van der Waals surface area contributed by atoms with Crippen molar-refractivity contribution in [3.63, 3.8) is 0 Å². The van der Waals surface area contributed by atoms with Crippen molar-refractivity contribution in [2.45, 2.75) is 27.7 Å². The van der Waals surface area contributed by atoms with Crippen LogP contribution in [0.4, 0.5) is 17.5 Å². The average molecular weight is 475 g/mol. The number of aryl methyl sites for hydroxylation is 3. The van der Waals surface area contributed by atoms with Crippen LogP contribution in [0.5, 0.6) is 0 Å². The summed E-state index contributed by atoms with van der Waals surface area (Å²) in [5.41, 5.74) is 5.09. The average Bonchev–Trinajstić information content (AvgIpc) is 2.82. The summed E-state index contributed by atoms with van der Waals surface area (Å²) in [5.74, 6) is 2.13. The first kappa shape index (κ1) is 23.6. The van der Waals surface area contributed by atoms with Gasteiger partial charge in [-0.3, -0.25) is 5.32 Å². The molecule has 0 radical (unpaired) electrons. The fraction of sp³-hybridized carbons (Fsp3) is 0.320. The van der Waals surface area contributed by atoms with E-state index in [9.17, 15) is 0 Å². The van der Waals surface area contributed by atoms with Crippen LogP contribution in [0.3, 0.4) is 0 Å². The number of thiocarbonyl (C=S) groups is 1. The number of hydrogen-bond donors (Lipinski definition) is 2. The van der Waals surface area contributed by atoms with Crippen molar-refractivity contribution < 1.29 is 0 Å². The maximum absolute atomic E-state index is 5.63. The number of pyridine rings is 1. The number of piperazine rings is 1. The zero-order chi connectivity index (χ0) is 24.1. The Balaban J connectivity index is 1.55. The molecule has 1 aliphatic heterocycles. The Morgan fingerprint density at radius 2 is 1.65 bits per heavy atom. The second-order valence-corrected chi connectivity index (χ2v) is 8.76. The minimum absolute atomic E-state index is 0.382. The lowest BCUT2D eigenvalue weighted by Crippen LogP contribution is -2.51. The van der Waals surface area contributed by atoms with Gasteiger partial charge in [-0.15, -0.1) is 0 Å². The Morgan fingerprint density at radius 1 is 0.912 bits per heavy atom. The Hall–Kier alpha value is -3.59. The van der Waals surface area contributed by atoms with Crippen molar-refractivity contribution in [1.82, 2.24) is 19.9 Å². The summed E-state index contributed by atoms with van der Waals surface area (Å²) < 4.78 is 0. The van der Waals surface area contributed by atoms with Gasteiger partial charge in [-0.2, -0.15) is 4.99 Å². The number of guanidine groups is 1. The maximum Gasteiger partial charge on any atom is 0.229 e. The van der Waals surface area contributed by atoms with Crippen molar-refractivity contribution in [2.24, 2.45) is 4.99 Å². The van der Waals surface area contributed by atoms with E-state index < -0.39 is 0 Å². The molecule has 0 bridgehead atoms. The summed E-state index contributed by atoms with van der Waals surface area (Å²) >= 11 is 5.63. The SMILES string of the molecule is Cc1cc(C)nc(N/C(=N/C(=S)Nc2cccc(C)c2C)N2CCN(c3ccccn3)CC2)n1. The quantitative estimate of drug-likeness (QED) is 0.334. The molecule has 8 nitrogen and oxygen atoms in total. The molecule has 0 amide bonds. The summed E-state index contributed by atoms with van der Waals surface area (Å²) in [4.78, 5) is 22.8. The molecule has 0 spiro atoms. The molecule has 2 aromatic heterocycles. The highest BCUT2D eigenvalue weighted by Gasteiger charge is 2.22. The van der Waals surface area contributed by atoms with Gasteiger partial charge in [-0.25, -0.2) is 15.0 Å². The smallest absolute Gasteiger partial charge is 0.229 e. The summed E-state index contributed by atoms with van der Waals surface area (Å²) in [6, 6.07) is 14.0. The lowest BCUT2D eigenvalue weighted by Gasteiger charge is -2.36. The highest BCUT2D eigenvalue weighted by Crippen LogP contribution is 2.19. The molecule has 1 aromatic carbocycles. The highest BCUT2D eigenvalue weighted by molar-refractivity contribution is 7.80. The number of benzene rings is 1. The van der Waals surface area contributed by atoms with Crippen LogP contribution in [0.15, 0.2) is 53.7 Å². The molecule has 176 valence electrons. The number of anilines is 3. The van der Waals surface area contributed by atoms with Gasteiger partial charge >= 0.3 is 0 Å². The van der Waals surface area contributed by atoms with Crippen LogP contribution in [0.1, 0.15) is 22.5 Å². The summed E-state index contributed by atoms with van der Waals surface area (Å²) in [6.45, 7) is 11.2. The van der Waals surface area contributed by atoms with E-state index in [2.05, 4.69) is 55.3 Å². The van der Waals surface area contributed by atoms with E-state index in [1.54, 1.807) is 0 Å². The van der Waals surface area contributed by atoms with E-state index in [1.165, 1.54) is 5.56 Å². The van der Waals surface area contributed by atoms with E-state index in [4.69, 9.17) is 17.2 Å². The Bertz CT molecular complexity index is 1170. The largest absolute Gasteiger partial charge is 0.353 e. The first-order chi connectivity index (χ1) is 16.4. The van der Waals surface area contributed by atoms with Gasteiger partial charge in [-0.05, 0) is 75.3 Å². The second kappa shape index (κ2) is 10.6. The molecular formula is C25H30N8S. The molecule has 0 saturated carbocycles. The normalized spacial score (nSPS) is 14.2. The molecule has 2 N–H and O–H groups in total. The Morgan fingerprint density at radius 3 is 2.32 bits per heavy atom. The van der Waals surface area contributed by atoms with Crippen molar-refractivity contribution in [3.05, 3.63) is 71.2 Å². The summed E-state index contributed by atoms with van der Waals surface area (Å²) in [6.07, 6.45) is 1.82. The molecular weight excluding hydrogens is 444 g/mol. The molecule has 0 aliphatic carbocycles. The monoisotopic (exact) mass is 474 g/mol. The van der Waals surface area contributed by atoms with Gasteiger partial charge < -0.3 is 15.1 Å². The highest BCUT2D eigenvalue weighted by atomic mass is 32.1. The molecule has 4 rings (SSSR count). The molecule has 3 aromatic rings. The number of nitrogens with zero attached hydrogens (tertiary/aromatic N) is 6. The lowest BCUT2D eigenvalue weighted by molar-refractivity contribution is 0.384. The molecule has 9 heteroatoms. The predicted octanol–water partition coefficient (Wildman–Crippen LogP) is 4.09. The third-order valence-electron chi connectivity index (χ3n) is 5.81. The fourth-order valence-corrected chi connectivity index (χ4v) is 4.07. The Kier molecular flexibility index (Phi) is 7.32. The van der Waals surface area contributed by atoms with E-state index in [0.717, 1.165) is 54.6 Å². The van der Waals surface area contributed by atoms with Crippen LogP contribution in [-0.2, 0) is 0 Å². The van der Waals surface area contributed by atoms with E-state index >= 15 is 0 Å². The summed E-state index contributed by atoms with van der Waals surface area (Å²) in [7, 11) is 0. The minimum Gasteiger partial charge on any atom is -0.353 e. The van der Waals surface area contributed by atoms with Gasteiger partial charge in [0.15, 0.2) is 0 Å². The Labute approximate surface area is 206 Å². The van der Waals surface area contributed by atoms with Crippen molar-refractivity contribution >= 4 is 40.7 Å². The molecule has 1 saturated heterocycles. The van der Waals surface area contributed by atoms with Crippen LogP contribution in [0.2, 0.25) is 0 Å². The fourth-order valence-electron chi connectivity index (χ4n) is 3.87.